The molecule has 75 heavy (non-hydrogen) atoms. The molecule has 0 aliphatic heterocycles. The highest BCUT2D eigenvalue weighted by atomic mass is 35.5. The number of halogens is 1. The molecule has 3 aromatic heterocycles. The lowest BCUT2D eigenvalue weighted by Gasteiger charge is -2.12. The summed E-state index contributed by atoms with van der Waals surface area (Å²) in [5, 5.41) is 59.0. The van der Waals surface area contributed by atoms with E-state index in [1.807, 2.05) is 6.92 Å². The van der Waals surface area contributed by atoms with Crippen LogP contribution in [-0.2, 0) is 37.0 Å². The number of pyridine rings is 1. The number of aliphatic hydroxyl groups is 1. The van der Waals surface area contributed by atoms with E-state index in [2.05, 4.69) is 46.7 Å². The molecule has 0 radical (unpaired) electrons. The first-order chi connectivity index (χ1) is 35.7. The van der Waals surface area contributed by atoms with Gasteiger partial charge in [-0.2, -0.15) is 30.5 Å². The highest BCUT2D eigenvalue weighted by Gasteiger charge is 2.24. The lowest BCUT2D eigenvalue weighted by Crippen LogP contribution is -2.08. The molecular weight excluding hydrogens is 1100 g/mol. The Balaban J connectivity index is 1.18. The summed E-state index contributed by atoms with van der Waals surface area (Å²) in [5.74, 6) is -1.13. The highest BCUT2D eigenvalue weighted by Crippen LogP contribution is 2.46. The average molecular weight is 1140 g/mol. The minimum absolute atomic E-state index is 0.00828. The average Bonchev–Trinajstić information content (AvgIpc) is 3.97. The summed E-state index contributed by atoms with van der Waals surface area (Å²) in [5.41, 5.74) is 2.16. The zero-order chi connectivity index (χ0) is 53.8. The first kappa shape index (κ1) is 54.5. The molecule has 3 heterocycles. The summed E-state index contributed by atoms with van der Waals surface area (Å²) in [6, 6.07) is 20.6. The number of ether oxygens (including phenoxy) is 2. The van der Waals surface area contributed by atoms with Gasteiger partial charge in [-0.1, -0.05) is 54.1 Å². The Hall–Kier alpha value is -6.78. The van der Waals surface area contributed by atoms with Crippen LogP contribution < -0.4 is 9.47 Å². The largest absolute Gasteiger partial charge is 0.493 e. The Morgan fingerprint density at radius 2 is 1.51 bits per heavy atom. The number of hydrogen-bond acceptors (Lipinski definition) is 21. The molecule has 8 rings (SSSR count). The number of aromatic nitrogens is 3. The number of nitriles is 1. The molecule has 390 valence electrons. The minimum Gasteiger partial charge on any atom is -0.493 e. The third-order valence-corrected chi connectivity index (χ3v) is 15.8. The number of fused-ring (bicyclic) bond motifs is 6. The molecular formula is C46H41ClN10O13S5. The summed E-state index contributed by atoms with van der Waals surface area (Å²) < 4.78 is 113. The van der Waals surface area contributed by atoms with Gasteiger partial charge in [0.25, 0.3) is 30.4 Å². The molecule has 8 aromatic rings. The van der Waals surface area contributed by atoms with Crippen molar-refractivity contribution in [3.05, 3.63) is 94.5 Å². The maximum Gasteiger partial charge on any atom is 0.295 e. The molecule has 0 atom stereocenters. The predicted octanol–water partition coefficient (Wildman–Crippen LogP) is 11.6. The monoisotopic (exact) mass is 1140 g/mol. The van der Waals surface area contributed by atoms with Crippen LogP contribution in [0.25, 0.3) is 37.7 Å². The number of aliphatic hydroxyl groups excluding tert-OH is 1. The van der Waals surface area contributed by atoms with E-state index in [0.29, 0.717) is 44.8 Å². The summed E-state index contributed by atoms with van der Waals surface area (Å²) in [6.45, 7) is 2.93. The predicted molar refractivity (Wildman–Crippen MR) is 281 cm³/mol. The van der Waals surface area contributed by atoms with E-state index in [0.717, 1.165) is 23.1 Å². The lowest BCUT2D eigenvalue weighted by atomic mass is 10.1. The molecule has 0 saturated heterocycles. The van der Waals surface area contributed by atoms with Crippen LogP contribution in [0, 0.1) is 18.3 Å². The molecule has 23 nitrogen and oxygen atoms in total. The molecule has 5 N–H and O–H groups in total. The van der Waals surface area contributed by atoms with Crippen LogP contribution in [0.1, 0.15) is 42.9 Å². The van der Waals surface area contributed by atoms with Crippen molar-refractivity contribution >= 4 is 136 Å². The molecule has 0 bridgehead atoms. The van der Waals surface area contributed by atoms with E-state index in [-0.39, 0.29) is 114 Å². The van der Waals surface area contributed by atoms with E-state index >= 15 is 0 Å². The van der Waals surface area contributed by atoms with Gasteiger partial charge >= 0.3 is 0 Å². The van der Waals surface area contributed by atoms with Gasteiger partial charge < -0.3 is 19.7 Å². The number of aromatic hydroxyl groups is 1. The Labute approximate surface area is 440 Å². The number of imidazole rings is 1. The van der Waals surface area contributed by atoms with Gasteiger partial charge in [0.1, 0.15) is 44.9 Å². The van der Waals surface area contributed by atoms with E-state index < -0.39 is 48.5 Å². The third-order valence-electron chi connectivity index (χ3n) is 10.9. The van der Waals surface area contributed by atoms with Gasteiger partial charge in [0.15, 0.2) is 11.3 Å². The molecule has 0 aliphatic rings. The second kappa shape index (κ2) is 22.6. The van der Waals surface area contributed by atoms with E-state index in [1.165, 1.54) is 40.8 Å². The molecule has 0 saturated carbocycles. The SMILES string of the molecule is CCCOc1cc2cccc(S(=O)(=O)O)c2c2sc(N=Nc3cc(SCCCS(=O)(=O)O)c(N=Nc4cc(OCCCS(=O)(=O)O)c(N=Nc5c(C)c(C#N)c6nc7ccccc7n6c5O)cc4Cl)cc3CO)nc12. The second-order valence-electron chi connectivity index (χ2n) is 16.2. The van der Waals surface area contributed by atoms with Crippen molar-refractivity contribution in [2.24, 2.45) is 30.7 Å². The first-order valence-corrected chi connectivity index (χ1v) is 29.0. The van der Waals surface area contributed by atoms with Gasteiger partial charge in [-0.15, -0.1) is 42.4 Å². The van der Waals surface area contributed by atoms with Gasteiger partial charge in [0.05, 0.1) is 63.5 Å². The number of rotatable bonds is 21. The maximum atomic E-state index is 12.5. The van der Waals surface area contributed by atoms with Crippen molar-refractivity contribution in [2.75, 3.05) is 30.5 Å². The van der Waals surface area contributed by atoms with Crippen LogP contribution in [0.15, 0.2) is 113 Å². The number of thioether (sulfide) groups is 1. The number of benzene rings is 5. The number of hydrogen-bond donors (Lipinski definition) is 5. The van der Waals surface area contributed by atoms with Crippen molar-refractivity contribution in [1.29, 1.82) is 5.26 Å². The Morgan fingerprint density at radius 1 is 0.800 bits per heavy atom. The van der Waals surface area contributed by atoms with Crippen LogP contribution in [0.3, 0.4) is 0 Å². The smallest absolute Gasteiger partial charge is 0.295 e. The number of thiazole rings is 1. The fraction of sp³-hybridized carbons (Fsp3) is 0.239. The van der Waals surface area contributed by atoms with Crippen LogP contribution >= 0.6 is 34.7 Å². The molecule has 29 heteroatoms. The topological polar surface area (TPSA) is 350 Å². The molecule has 5 aromatic carbocycles. The van der Waals surface area contributed by atoms with Crippen LogP contribution in [-0.4, -0.2) is 94.0 Å². The fourth-order valence-electron chi connectivity index (χ4n) is 7.54. The minimum atomic E-state index is -4.67. The molecule has 0 unspecified atom stereocenters. The van der Waals surface area contributed by atoms with E-state index in [1.54, 1.807) is 43.3 Å². The third kappa shape index (κ3) is 12.5. The summed E-state index contributed by atoms with van der Waals surface area (Å²) in [4.78, 5) is 9.10. The summed E-state index contributed by atoms with van der Waals surface area (Å²) in [7, 11) is -13.3. The van der Waals surface area contributed by atoms with Gasteiger partial charge in [-0.25, -0.2) is 9.97 Å². The number of nitrogens with zero attached hydrogens (tertiary/aromatic N) is 10. The van der Waals surface area contributed by atoms with Crippen molar-refractivity contribution < 1.29 is 58.6 Å². The standard InChI is InChI=1S/C46H41ClN10O13S5/c1-3-13-69-37-19-26-9-6-12-39(75(66,67)68)40(26)43-42(37)50-46(72-43)56-51-31-22-38(71-15-8-17-74(63,64)65)34(18-27(31)24-58)54-52-32-21-36(70-14-7-16-73(60,61)62)33(20-29(32)47)53-55-41-25(2)28(23-48)44-49-30-10-4-5-11-35(30)57(44)45(41)59/h4-6,9-12,18-22,58-59H,3,7-8,13-17,24H2,1-2H3,(H,60,61,62)(H,63,64,65)(H,66,67,68). The zero-order valence-corrected chi connectivity index (χ0v) is 44.0. The van der Waals surface area contributed by atoms with Gasteiger partial charge in [-0.05, 0) is 79.8 Å². The van der Waals surface area contributed by atoms with Crippen molar-refractivity contribution in [2.45, 2.75) is 49.5 Å². The first-order valence-electron chi connectivity index (χ1n) is 22.2. The fourth-order valence-corrected chi connectivity index (χ4v) is 11.6. The molecule has 0 aliphatic carbocycles. The van der Waals surface area contributed by atoms with Gasteiger partial charge in [-0.3, -0.25) is 18.1 Å². The van der Waals surface area contributed by atoms with Crippen molar-refractivity contribution in [3.8, 4) is 23.4 Å². The van der Waals surface area contributed by atoms with Crippen LogP contribution in [0.2, 0.25) is 5.02 Å². The van der Waals surface area contributed by atoms with Crippen LogP contribution in [0.5, 0.6) is 17.4 Å². The summed E-state index contributed by atoms with van der Waals surface area (Å²) >= 11 is 8.85. The summed E-state index contributed by atoms with van der Waals surface area (Å²) in [6.07, 6.45) is 0.508. The lowest BCUT2D eigenvalue weighted by molar-refractivity contribution is 0.282. The molecule has 0 spiro atoms. The Bertz CT molecular complexity index is 4050. The molecule has 0 amide bonds. The van der Waals surface area contributed by atoms with Gasteiger partial charge in [0, 0.05) is 27.5 Å². The highest BCUT2D eigenvalue weighted by molar-refractivity contribution is 7.99. The number of azo groups is 3. The zero-order valence-electron chi connectivity index (χ0n) is 39.2. The second-order valence-corrected chi connectivity index (χ2v) is 23.3. The van der Waals surface area contributed by atoms with Crippen molar-refractivity contribution in [3.63, 3.8) is 0 Å². The van der Waals surface area contributed by atoms with Gasteiger partial charge in [0.2, 0.25) is 11.0 Å². The number of para-hydroxylation sites is 2. The Morgan fingerprint density at radius 3 is 2.23 bits per heavy atom. The van der Waals surface area contributed by atoms with Crippen molar-refractivity contribution in [1.82, 2.24) is 14.4 Å². The van der Waals surface area contributed by atoms with E-state index in [4.69, 9.17) is 21.1 Å². The Kier molecular flexibility index (Phi) is 16.4. The maximum absolute atomic E-state index is 12.5. The molecule has 0 fully saturated rings. The quantitative estimate of drug-likeness (QED) is 0.0193. The van der Waals surface area contributed by atoms with E-state index in [9.17, 15) is 54.4 Å². The van der Waals surface area contributed by atoms with Crippen LogP contribution in [0.4, 0.5) is 33.6 Å². The normalized spacial score (nSPS) is 12.7.